The summed E-state index contributed by atoms with van der Waals surface area (Å²) in [5.41, 5.74) is 3.30. The van der Waals surface area contributed by atoms with Crippen molar-refractivity contribution in [1.29, 1.82) is 0 Å². The molecule has 152 valence electrons. The van der Waals surface area contributed by atoms with Gasteiger partial charge in [-0.15, -0.1) is 0 Å². The van der Waals surface area contributed by atoms with Gasteiger partial charge in [0.2, 0.25) is 11.8 Å². The standard InChI is InChI=1S/C22H20N4O3S/c1-14-7-9-16(10-8-14)12-26-21(28)17-5-3-4-6-18(17)23-22(26)30-13-19(27)24-20-11-15(2)25-29-20/h3-11H,12-13H2,1-2H3,(H,24,27). The molecule has 0 fully saturated rings. The Hall–Kier alpha value is -3.39. The predicted octanol–water partition coefficient (Wildman–Crippen LogP) is 3.78. The van der Waals surface area contributed by atoms with Crippen molar-refractivity contribution in [2.75, 3.05) is 11.1 Å². The normalized spacial score (nSPS) is 11.0. The second-order valence-corrected chi connectivity index (χ2v) is 7.90. The molecule has 0 bridgehead atoms. The van der Waals surface area contributed by atoms with Crippen molar-refractivity contribution in [1.82, 2.24) is 14.7 Å². The molecule has 0 aliphatic rings. The minimum Gasteiger partial charge on any atom is -0.338 e. The van der Waals surface area contributed by atoms with Gasteiger partial charge in [-0.1, -0.05) is 58.9 Å². The Kier molecular flexibility index (Phi) is 5.67. The Morgan fingerprint density at radius 3 is 2.63 bits per heavy atom. The molecule has 0 spiro atoms. The average Bonchev–Trinajstić information content (AvgIpc) is 3.15. The number of carbonyl (C=O) groups is 1. The number of nitrogens with one attached hydrogen (secondary N) is 1. The first-order valence-corrected chi connectivity index (χ1v) is 10.4. The molecule has 30 heavy (non-hydrogen) atoms. The van der Waals surface area contributed by atoms with Crippen LogP contribution in [0.5, 0.6) is 0 Å². The van der Waals surface area contributed by atoms with E-state index in [0.717, 1.165) is 11.1 Å². The van der Waals surface area contributed by atoms with Crippen LogP contribution < -0.4 is 10.9 Å². The van der Waals surface area contributed by atoms with Crippen LogP contribution >= 0.6 is 11.8 Å². The summed E-state index contributed by atoms with van der Waals surface area (Å²) in [7, 11) is 0. The molecule has 4 rings (SSSR count). The molecule has 0 saturated heterocycles. The van der Waals surface area contributed by atoms with Crippen LogP contribution in [0.15, 0.2) is 69.1 Å². The van der Waals surface area contributed by atoms with Gasteiger partial charge in [-0.25, -0.2) is 4.98 Å². The third-order valence-electron chi connectivity index (χ3n) is 4.51. The van der Waals surface area contributed by atoms with E-state index in [1.807, 2.05) is 43.3 Å². The number of amides is 1. The highest BCUT2D eigenvalue weighted by atomic mass is 32.2. The molecule has 2 heterocycles. The van der Waals surface area contributed by atoms with Gasteiger partial charge in [0.25, 0.3) is 5.56 Å². The largest absolute Gasteiger partial charge is 0.338 e. The molecule has 1 amide bonds. The highest BCUT2D eigenvalue weighted by molar-refractivity contribution is 7.99. The summed E-state index contributed by atoms with van der Waals surface area (Å²) in [6, 6.07) is 16.9. The van der Waals surface area contributed by atoms with Gasteiger partial charge in [0, 0.05) is 6.07 Å². The number of hydrogen-bond acceptors (Lipinski definition) is 6. The number of para-hydroxylation sites is 1. The minimum absolute atomic E-state index is 0.0818. The molecule has 7 nitrogen and oxygen atoms in total. The van der Waals surface area contributed by atoms with Crippen LogP contribution in [0.3, 0.4) is 0 Å². The molecule has 0 aliphatic carbocycles. The summed E-state index contributed by atoms with van der Waals surface area (Å²) < 4.78 is 6.63. The van der Waals surface area contributed by atoms with Crippen LogP contribution in [-0.2, 0) is 11.3 Å². The topological polar surface area (TPSA) is 90.0 Å². The van der Waals surface area contributed by atoms with Crippen molar-refractivity contribution >= 4 is 34.5 Å². The van der Waals surface area contributed by atoms with Crippen LogP contribution in [0.25, 0.3) is 10.9 Å². The lowest BCUT2D eigenvalue weighted by Crippen LogP contribution is -2.24. The second-order valence-electron chi connectivity index (χ2n) is 6.96. The highest BCUT2D eigenvalue weighted by Gasteiger charge is 2.14. The number of thioether (sulfide) groups is 1. The molecule has 1 N–H and O–H groups in total. The number of aryl methyl sites for hydroxylation is 2. The summed E-state index contributed by atoms with van der Waals surface area (Å²) in [6.45, 7) is 4.17. The first-order valence-electron chi connectivity index (χ1n) is 9.41. The number of hydrogen-bond donors (Lipinski definition) is 1. The summed E-state index contributed by atoms with van der Waals surface area (Å²) in [4.78, 5) is 30.1. The fourth-order valence-electron chi connectivity index (χ4n) is 3.00. The maximum absolute atomic E-state index is 13.1. The Bertz CT molecular complexity index is 1260. The third kappa shape index (κ3) is 4.44. The molecule has 8 heteroatoms. The maximum atomic E-state index is 13.1. The number of carbonyl (C=O) groups excluding carboxylic acids is 1. The fourth-order valence-corrected chi connectivity index (χ4v) is 3.80. The van der Waals surface area contributed by atoms with Gasteiger partial charge < -0.3 is 4.52 Å². The van der Waals surface area contributed by atoms with E-state index < -0.39 is 0 Å². The van der Waals surface area contributed by atoms with Gasteiger partial charge in [0.05, 0.1) is 28.9 Å². The predicted molar refractivity (Wildman–Crippen MR) is 117 cm³/mol. The van der Waals surface area contributed by atoms with Crippen molar-refractivity contribution in [3.8, 4) is 0 Å². The van der Waals surface area contributed by atoms with Crippen LogP contribution in [0, 0.1) is 13.8 Å². The van der Waals surface area contributed by atoms with E-state index >= 15 is 0 Å². The summed E-state index contributed by atoms with van der Waals surface area (Å²) in [6.07, 6.45) is 0. The van der Waals surface area contributed by atoms with E-state index in [4.69, 9.17) is 4.52 Å². The smallest absolute Gasteiger partial charge is 0.262 e. The van der Waals surface area contributed by atoms with Crippen LogP contribution in [-0.4, -0.2) is 26.4 Å². The summed E-state index contributed by atoms with van der Waals surface area (Å²) in [5, 5.41) is 7.44. The molecule has 0 aliphatic heterocycles. The first kappa shape index (κ1) is 19.9. The van der Waals surface area contributed by atoms with E-state index in [-0.39, 0.29) is 17.2 Å². The molecule has 2 aromatic carbocycles. The maximum Gasteiger partial charge on any atom is 0.262 e. The Labute approximate surface area is 177 Å². The number of benzene rings is 2. The van der Waals surface area contributed by atoms with Crippen LogP contribution in [0.2, 0.25) is 0 Å². The van der Waals surface area contributed by atoms with E-state index in [1.54, 1.807) is 29.7 Å². The Morgan fingerprint density at radius 1 is 1.13 bits per heavy atom. The zero-order chi connectivity index (χ0) is 21.1. The molecule has 2 aromatic heterocycles. The summed E-state index contributed by atoms with van der Waals surface area (Å²) >= 11 is 1.21. The monoisotopic (exact) mass is 420 g/mol. The van der Waals surface area contributed by atoms with Gasteiger partial charge in [-0.2, -0.15) is 0 Å². The Morgan fingerprint density at radius 2 is 1.90 bits per heavy atom. The molecule has 0 radical (unpaired) electrons. The minimum atomic E-state index is -0.263. The summed E-state index contributed by atoms with van der Waals surface area (Å²) in [5.74, 6) is 0.111. The van der Waals surface area contributed by atoms with Crippen molar-refractivity contribution in [3.05, 3.63) is 81.8 Å². The van der Waals surface area contributed by atoms with Gasteiger partial charge in [0.1, 0.15) is 0 Å². The number of fused-ring (bicyclic) bond motifs is 1. The average molecular weight is 420 g/mol. The molecule has 0 atom stereocenters. The van der Waals surface area contributed by atoms with E-state index in [0.29, 0.717) is 34.2 Å². The van der Waals surface area contributed by atoms with Gasteiger partial charge in [0.15, 0.2) is 5.16 Å². The van der Waals surface area contributed by atoms with Gasteiger partial charge >= 0.3 is 0 Å². The lowest BCUT2D eigenvalue weighted by atomic mass is 10.1. The van der Waals surface area contributed by atoms with Crippen LogP contribution in [0.1, 0.15) is 16.8 Å². The van der Waals surface area contributed by atoms with Crippen molar-refractivity contribution < 1.29 is 9.32 Å². The highest BCUT2D eigenvalue weighted by Crippen LogP contribution is 2.20. The van der Waals surface area contributed by atoms with E-state index in [9.17, 15) is 9.59 Å². The first-order chi connectivity index (χ1) is 14.5. The zero-order valence-electron chi connectivity index (χ0n) is 16.6. The number of anilines is 1. The van der Waals surface area contributed by atoms with Crippen molar-refractivity contribution in [2.24, 2.45) is 0 Å². The fraction of sp³-hybridized carbons (Fsp3) is 0.182. The van der Waals surface area contributed by atoms with Gasteiger partial charge in [-0.3, -0.25) is 19.5 Å². The second kappa shape index (κ2) is 8.54. The Balaban J connectivity index is 1.62. The number of nitrogens with zero attached hydrogens (tertiary/aromatic N) is 3. The lowest BCUT2D eigenvalue weighted by molar-refractivity contribution is -0.113. The van der Waals surface area contributed by atoms with E-state index in [1.165, 1.54) is 11.8 Å². The van der Waals surface area contributed by atoms with Crippen molar-refractivity contribution in [3.63, 3.8) is 0 Å². The molecular weight excluding hydrogens is 400 g/mol. The van der Waals surface area contributed by atoms with Gasteiger partial charge in [-0.05, 0) is 31.5 Å². The third-order valence-corrected chi connectivity index (χ3v) is 5.49. The van der Waals surface area contributed by atoms with Crippen LogP contribution in [0.4, 0.5) is 5.88 Å². The molecule has 0 saturated carbocycles. The lowest BCUT2D eigenvalue weighted by Gasteiger charge is -2.13. The van der Waals surface area contributed by atoms with E-state index in [2.05, 4.69) is 15.5 Å². The number of rotatable bonds is 6. The molecule has 0 unspecified atom stereocenters. The molecule has 4 aromatic rings. The SMILES string of the molecule is Cc1ccc(Cn2c(SCC(=O)Nc3cc(C)no3)nc3ccccc3c2=O)cc1. The quantitative estimate of drug-likeness (QED) is 0.377. The van der Waals surface area contributed by atoms with Crippen molar-refractivity contribution in [2.45, 2.75) is 25.5 Å². The zero-order valence-corrected chi connectivity index (χ0v) is 17.4. The molecular formula is C22H20N4O3S. The number of aromatic nitrogens is 3.